The number of sulfonamides is 1. The molecule has 0 N–H and O–H groups in total. The second kappa shape index (κ2) is 10.5. The molecule has 1 aliphatic rings. The Morgan fingerprint density at radius 2 is 1.75 bits per heavy atom. The molecule has 3 rings (SSSR count). The molecule has 172 valence electrons. The highest BCUT2D eigenvalue weighted by Crippen LogP contribution is 2.28. The Morgan fingerprint density at radius 3 is 2.34 bits per heavy atom. The monoisotopic (exact) mass is 524 g/mol. The van der Waals surface area contributed by atoms with Gasteiger partial charge in [-0.25, -0.2) is 8.42 Å². The summed E-state index contributed by atoms with van der Waals surface area (Å²) in [5.74, 6) is -1.54. The Hall–Kier alpha value is -2.34. The predicted molar refractivity (Wildman–Crippen MR) is 119 cm³/mol. The van der Waals surface area contributed by atoms with Crippen LogP contribution >= 0.6 is 15.9 Å². The van der Waals surface area contributed by atoms with Crippen molar-refractivity contribution in [2.24, 2.45) is 5.92 Å². The highest BCUT2D eigenvalue weighted by atomic mass is 79.9. The van der Waals surface area contributed by atoms with Gasteiger partial charge >= 0.3 is 0 Å². The molecule has 2 aromatic carbocycles. The molecule has 0 unspecified atom stereocenters. The number of benzene rings is 2. The maximum atomic E-state index is 13.5. The normalized spacial score (nSPS) is 15.7. The van der Waals surface area contributed by atoms with E-state index in [0.717, 1.165) is 10.0 Å². The zero-order chi connectivity index (χ0) is 23.3. The van der Waals surface area contributed by atoms with E-state index in [-0.39, 0.29) is 18.0 Å². The second-order valence-electron chi connectivity index (χ2n) is 7.62. The van der Waals surface area contributed by atoms with Crippen molar-refractivity contribution in [1.82, 2.24) is 9.21 Å². The molecular formula is C21H23BrN3O6S-. The summed E-state index contributed by atoms with van der Waals surface area (Å²) in [5.41, 5.74) is 0.272. The van der Waals surface area contributed by atoms with E-state index < -0.39 is 32.5 Å². The molecule has 32 heavy (non-hydrogen) atoms. The molecule has 2 aromatic rings. The van der Waals surface area contributed by atoms with Gasteiger partial charge in [0.1, 0.15) is 0 Å². The SMILES string of the molecule is O=C([O-])C1CCN(CCN(Cc2ccc(Br)cc2)S(=O)(=O)c2ccccc2[N+](=O)[O-])CC1. The number of carbonyl (C=O) groups is 1. The number of aliphatic carboxylic acids is 1. The number of nitro groups is 1. The Balaban J connectivity index is 1.83. The van der Waals surface area contributed by atoms with Crippen LogP contribution in [0.3, 0.4) is 0 Å². The van der Waals surface area contributed by atoms with Gasteiger partial charge in [-0.1, -0.05) is 40.2 Å². The van der Waals surface area contributed by atoms with Gasteiger partial charge in [-0.2, -0.15) is 4.31 Å². The van der Waals surface area contributed by atoms with Gasteiger partial charge in [-0.3, -0.25) is 10.1 Å². The number of hydrogen-bond donors (Lipinski definition) is 0. The molecule has 0 atom stereocenters. The van der Waals surface area contributed by atoms with Gasteiger partial charge in [0.25, 0.3) is 5.69 Å². The first-order valence-corrected chi connectivity index (χ1v) is 12.3. The molecule has 0 aliphatic carbocycles. The average Bonchev–Trinajstić information content (AvgIpc) is 2.78. The first kappa shape index (κ1) is 24.3. The van der Waals surface area contributed by atoms with Gasteiger partial charge in [0, 0.05) is 42.1 Å². The van der Waals surface area contributed by atoms with Gasteiger partial charge in [0.15, 0.2) is 4.90 Å². The lowest BCUT2D eigenvalue weighted by Crippen LogP contribution is -2.44. The van der Waals surface area contributed by atoms with Crippen LogP contribution in [-0.4, -0.2) is 54.7 Å². The highest BCUT2D eigenvalue weighted by molar-refractivity contribution is 9.10. The molecule has 0 aromatic heterocycles. The Labute approximate surface area is 195 Å². The first-order chi connectivity index (χ1) is 15.2. The van der Waals surface area contributed by atoms with Crippen LogP contribution in [0.25, 0.3) is 0 Å². The van der Waals surface area contributed by atoms with Crippen LogP contribution in [0.2, 0.25) is 0 Å². The lowest BCUT2D eigenvalue weighted by atomic mass is 9.97. The summed E-state index contributed by atoms with van der Waals surface area (Å²) in [5, 5.41) is 22.5. The summed E-state index contributed by atoms with van der Waals surface area (Å²) in [6, 6.07) is 12.5. The predicted octanol–water partition coefficient (Wildman–Crippen LogP) is 2.01. The number of nitrogens with zero attached hydrogens (tertiary/aromatic N) is 3. The van der Waals surface area contributed by atoms with Crippen molar-refractivity contribution >= 4 is 37.6 Å². The third-order valence-electron chi connectivity index (χ3n) is 5.54. The summed E-state index contributed by atoms with van der Waals surface area (Å²) in [6.07, 6.45) is 0.901. The average molecular weight is 525 g/mol. The summed E-state index contributed by atoms with van der Waals surface area (Å²) in [4.78, 5) is 23.4. The van der Waals surface area contributed by atoms with E-state index in [1.165, 1.54) is 28.6 Å². The van der Waals surface area contributed by atoms with Gasteiger partial charge in [-0.05, 0) is 49.7 Å². The zero-order valence-corrected chi connectivity index (χ0v) is 19.6. The molecule has 0 amide bonds. The molecule has 0 saturated carbocycles. The highest BCUT2D eigenvalue weighted by Gasteiger charge is 2.32. The molecule has 1 fully saturated rings. The second-order valence-corrected chi connectivity index (χ2v) is 10.4. The third kappa shape index (κ3) is 5.91. The molecule has 0 spiro atoms. The zero-order valence-electron chi connectivity index (χ0n) is 17.2. The molecule has 1 aliphatic heterocycles. The van der Waals surface area contributed by atoms with Crippen molar-refractivity contribution < 1.29 is 23.2 Å². The fourth-order valence-electron chi connectivity index (χ4n) is 3.69. The van der Waals surface area contributed by atoms with Gasteiger partial charge < -0.3 is 14.8 Å². The van der Waals surface area contributed by atoms with Crippen LogP contribution in [0.4, 0.5) is 5.69 Å². The Bertz CT molecular complexity index is 1070. The Kier molecular flexibility index (Phi) is 7.99. The quantitative estimate of drug-likeness (QED) is 0.362. The topological polar surface area (TPSA) is 124 Å². The minimum Gasteiger partial charge on any atom is -0.550 e. The Morgan fingerprint density at radius 1 is 1.12 bits per heavy atom. The summed E-state index contributed by atoms with van der Waals surface area (Å²) >= 11 is 3.35. The standard InChI is InChI=1S/C21H24BrN3O6S/c22-18-7-5-16(6-8-18)15-24(14-13-23-11-9-17(10-12-23)21(26)27)32(30,31)20-4-2-1-3-19(20)25(28)29/h1-8,17H,9-15H2,(H,26,27)/p-1. The molecule has 1 heterocycles. The maximum absolute atomic E-state index is 13.5. The van der Waals surface area contributed by atoms with E-state index in [1.807, 2.05) is 4.90 Å². The van der Waals surface area contributed by atoms with Crippen molar-refractivity contribution in [1.29, 1.82) is 0 Å². The lowest BCUT2D eigenvalue weighted by molar-refractivity contribution is -0.387. The number of likely N-dealkylation sites (tertiary alicyclic amines) is 1. The van der Waals surface area contributed by atoms with Crippen LogP contribution in [-0.2, 0) is 21.4 Å². The maximum Gasteiger partial charge on any atom is 0.289 e. The number of para-hydroxylation sites is 1. The number of piperidine rings is 1. The fourth-order valence-corrected chi connectivity index (χ4v) is 5.53. The van der Waals surface area contributed by atoms with E-state index >= 15 is 0 Å². The first-order valence-electron chi connectivity index (χ1n) is 10.1. The third-order valence-corrected chi connectivity index (χ3v) is 7.96. The number of carboxylic acid groups (broad SMARTS) is 1. The fraction of sp³-hybridized carbons (Fsp3) is 0.381. The van der Waals surface area contributed by atoms with Crippen molar-refractivity contribution in [2.45, 2.75) is 24.3 Å². The number of carbonyl (C=O) groups excluding carboxylic acids is 1. The van der Waals surface area contributed by atoms with Crippen molar-refractivity contribution in [3.8, 4) is 0 Å². The molecule has 0 bridgehead atoms. The number of halogens is 1. The van der Waals surface area contributed by atoms with Crippen LogP contribution in [0.1, 0.15) is 18.4 Å². The number of nitro benzene ring substituents is 1. The van der Waals surface area contributed by atoms with E-state index in [0.29, 0.717) is 32.5 Å². The minimum absolute atomic E-state index is 0.0528. The minimum atomic E-state index is -4.16. The molecule has 0 radical (unpaired) electrons. The molecule has 11 heteroatoms. The number of hydrogen-bond acceptors (Lipinski definition) is 7. The molecule has 9 nitrogen and oxygen atoms in total. The van der Waals surface area contributed by atoms with E-state index in [9.17, 15) is 28.4 Å². The van der Waals surface area contributed by atoms with Crippen LogP contribution in [0, 0.1) is 16.0 Å². The van der Waals surface area contributed by atoms with E-state index in [2.05, 4.69) is 15.9 Å². The van der Waals surface area contributed by atoms with Crippen molar-refractivity contribution in [2.75, 3.05) is 26.2 Å². The van der Waals surface area contributed by atoms with Gasteiger partial charge in [-0.15, -0.1) is 0 Å². The van der Waals surface area contributed by atoms with Gasteiger partial charge in [0.2, 0.25) is 10.0 Å². The smallest absolute Gasteiger partial charge is 0.289 e. The number of rotatable bonds is 9. The van der Waals surface area contributed by atoms with E-state index in [1.54, 1.807) is 24.3 Å². The molecule has 1 saturated heterocycles. The van der Waals surface area contributed by atoms with Crippen molar-refractivity contribution in [3.05, 3.63) is 68.7 Å². The molecular weight excluding hydrogens is 502 g/mol. The largest absolute Gasteiger partial charge is 0.550 e. The lowest BCUT2D eigenvalue weighted by Gasteiger charge is -2.33. The summed E-state index contributed by atoms with van der Waals surface area (Å²) in [7, 11) is -4.16. The number of carboxylic acids is 1. The van der Waals surface area contributed by atoms with E-state index in [4.69, 9.17) is 0 Å². The van der Waals surface area contributed by atoms with Crippen molar-refractivity contribution in [3.63, 3.8) is 0 Å². The van der Waals surface area contributed by atoms with Gasteiger partial charge in [0.05, 0.1) is 4.92 Å². The van der Waals surface area contributed by atoms with Crippen LogP contribution in [0.15, 0.2) is 57.9 Å². The summed E-state index contributed by atoms with van der Waals surface area (Å²) < 4.78 is 29.0. The van der Waals surface area contributed by atoms with Crippen LogP contribution in [0.5, 0.6) is 0 Å². The van der Waals surface area contributed by atoms with Crippen LogP contribution < -0.4 is 5.11 Å². The summed E-state index contributed by atoms with van der Waals surface area (Å²) in [6.45, 7) is 1.60.